The van der Waals surface area contributed by atoms with Crippen molar-refractivity contribution in [2.24, 2.45) is 0 Å². The predicted octanol–water partition coefficient (Wildman–Crippen LogP) is 5.18. The minimum atomic E-state index is -0.556. The number of halogens is 2. The molecule has 1 fully saturated rings. The first-order valence-electron chi connectivity index (χ1n) is 7.66. The predicted molar refractivity (Wildman–Crippen MR) is 99.1 cm³/mol. The fourth-order valence-electron chi connectivity index (χ4n) is 2.74. The smallest absolute Gasteiger partial charge is 0.185 e. The van der Waals surface area contributed by atoms with Gasteiger partial charge < -0.3 is 5.11 Å². The molecular weight excluding hydrogens is 343 g/mol. The van der Waals surface area contributed by atoms with Crippen LogP contribution in [0.25, 0.3) is 12.2 Å². The summed E-state index contributed by atoms with van der Waals surface area (Å²) in [6.07, 6.45) is 3.80. The SMILES string of the molecule is O=C1/C(=C/c2ccc(Cl)cc2)CC(O)C/C1=C\c1ccc(Cl)cc1. The van der Waals surface area contributed by atoms with Gasteiger partial charge in [0.25, 0.3) is 0 Å². The summed E-state index contributed by atoms with van der Waals surface area (Å²) in [5, 5.41) is 11.4. The first kappa shape index (κ1) is 17.0. The Morgan fingerprint density at radius 3 is 1.54 bits per heavy atom. The molecule has 3 rings (SSSR count). The van der Waals surface area contributed by atoms with Crippen molar-refractivity contribution in [1.82, 2.24) is 0 Å². The van der Waals surface area contributed by atoms with Gasteiger partial charge in [-0.25, -0.2) is 0 Å². The van der Waals surface area contributed by atoms with Crippen molar-refractivity contribution in [3.63, 3.8) is 0 Å². The molecule has 1 N–H and O–H groups in total. The van der Waals surface area contributed by atoms with E-state index in [2.05, 4.69) is 0 Å². The Balaban J connectivity index is 1.90. The van der Waals surface area contributed by atoms with E-state index in [1.807, 2.05) is 36.4 Å². The normalized spacial score (nSPS) is 21.5. The van der Waals surface area contributed by atoms with Crippen LogP contribution < -0.4 is 0 Å². The van der Waals surface area contributed by atoms with Gasteiger partial charge in [-0.05, 0) is 47.5 Å². The van der Waals surface area contributed by atoms with Gasteiger partial charge in [0.2, 0.25) is 0 Å². The lowest BCUT2D eigenvalue weighted by Crippen LogP contribution is -2.23. The molecular formula is C20H16Cl2O2. The monoisotopic (exact) mass is 358 g/mol. The van der Waals surface area contributed by atoms with Crippen LogP contribution in [0.2, 0.25) is 10.0 Å². The molecule has 0 unspecified atom stereocenters. The van der Waals surface area contributed by atoms with Crippen LogP contribution >= 0.6 is 23.2 Å². The van der Waals surface area contributed by atoms with Crippen LogP contribution in [0.5, 0.6) is 0 Å². The molecule has 4 heteroatoms. The summed E-state index contributed by atoms with van der Waals surface area (Å²) in [4.78, 5) is 12.7. The van der Waals surface area contributed by atoms with Gasteiger partial charge in [0.15, 0.2) is 5.78 Å². The number of hydrogen-bond donors (Lipinski definition) is 1. The summed E-state index contributed by atoms with van der Waals surface area (Å²) >= 11 is 11.8. The third-order valence-electron chi connectivity index (χ3n) is 3.92. The van der Waals surface area contributed by atoms with E-state index in [4.69, 9.17) is 23.2 Å². The number of carbonyl (C=O) groups excluding carboxylic acids is 1. The highest BCUT2D eigenvalue weighted by Gasteiger charge is 2.26. The molecule has 2 aromatic carbocycles. The van der Waals surface area contributed by atoms with E-state index in [0.29, 0.717) is 34.0 Å². The molecule has 0 amide bonds. The fraction of sp³-hybridized carbons (Fsp3) is 0.150. The minimum Gasteiger partial charge on any atom is -0.392 e. The Labute approximate surface area is 151 Å². The molecule has 24 heavy (non-hydrogen) atoms. The quantitative estimate of drug-likeness (QED) is 0.750. The lowest BCUT2D eigenvalue weighted by atomic mass is 9.85. The zero-order chi connectivity index (χ0) is 17.1. The summed E-state index contributed by atoms with van der Waals surface area (Å²) in [6.45, 7) is 0. The average Bonchev–Trinajstić information content (AvgIpc) is 2.56. The van der Waals surface area contributed by atoms with E-state index in [-0.39, 0.29) is 5.78 Å². The van der Waals surface area contributed by atoms with Crippen molar-refractivity contribution in [2.75, 3.05) is 0 Å². The maximum Gasteiger partial charge on any atom is 0.185 e. The van der Waals surface area contributed by atoms with Crippen LogP contribution in [0.1, 0.15) is 24.0 Å². The number of ketones is 1. The summed E-state index contributed by atoms with van der Waals surface area (Å²) in [6, 6.07) is 14.5. The van der Waals surface area contributed by atoms with E-state index in [1.165, 1.54) is 0 Å². The highest BCUT2D eigenvalue weighted by atomic mass is 35.5. The largest absolute Gasteiger partial charge is 0.392 e. The third-order valence-corrected chi connectivity index (χ3v) is 4.42. The summed E-state index contributed by atoms with van der Waals surface area (Å²) in [7, 11) is 0. The maximum atomic E-state index is 12.7. The van der Waals surface area contributed by atoms with Gasteiger partial charge in [-0.15, -0.1) is 0 Å². The zero-order valence-corrected chi connectivity index (χ0v) is 14.4. The number of hydrogen-bond acceptors (Lipinski definition) is 2. The fourth-order valence-corrected chi connectivity index (χ4v) is 2.99. The first-order chi connectivity index (χ1) is 11.5. The van der Waals surface area contributed by atoms with E-state index in [9.17, 15) is 9.90 Å². The van der Waals surface area contributed by atoms with Crippen LogP contribution in [0.15, 0.2) is 59.7 Å². The van der Waals surface area contributed by atoms with Crippen LogP contribution in [0, 0.1) is 0 Å². The van der Waals surface area contributed by atoms with Crippen molar-refractivity contribution >= 4 is 41.1 Å². The van der Waals surface area contributed by atoms with Crippen LogP contribution in [-0.4, -0.2) is 17.0 Å². The lowest BCUT2D eigenvalue weighted by Gasteiger charge is -2.21. The highest BCUT2D eigenvalue weighted by Crippen LogP contribution is 2.29. The van der Waals surface area contributed by atoms with E-state index in [1.54, 1.807) is 24.3 Å². The van der Waals surface area contributed by atoms with Crippen LogP contribution in [-0.2, 0) is 4.79 Å². The first-order valence-corrected chi connectivity index (χ1v) is 8.42. The standard InChI is InChI=1S/C20H16Cl2O2/c21-17-5-1-13(2-6-17)9-15-11-19(23)12-16(20(15)24)10-14-3-7-18(22)8-4-14/h1-10,19,23H,11-12H2/b15-9+,16-10+. The van der Waals surface area contributed by atoms with Crippen molar-refractivity contribution < 1.29 is 9.90 Å². The summed E-state index contributed by atoms with van der Waals surface area (Å²) in [5.74, 6) is -0.0230. The van der Waals surface area contributed by atoms with Crippen molar-refractivity contribution in [1.29, 1.82) is 0 Å². The molecule has 0 radical (unpaired) electrons. The van der Waals surface area contributed by atoms with Gasteiger partial charge in [0.05, 0.1) is 6.10 Å². The van der Waals surface area contributed by atoms with Gasteiger partial charge in [0.1, 0.15) is 0 Å². The van der Waals surface area contributed by atoms with E-state index in [0.717, 1.165) is 11.1 Å². The van der Waals surface area contributed by atoms with Crippen LogP contribution in [0.3, 0.4) is 0 Å². The molecule has 122 valence electrons. The van der Waals surface area contributed by atoms with Gasteiger partial charge in [0, 0.05) is 34.0 Å². The van der Waals surface area contributed by atoms with E-state index < -0.39 is 6.10 Å². The zero-order valence-electron chi connectivity index (χ0n) is 12.9. The number of aliphatic hydroxyl groups is 1. The van der Waals surface area contributed by atoms with Crippen molar-refractivity contribution in [2.45, 2.75) is 18.9 Å². The molecule has 1 aliphatic rings. The molecule has 0 atom stereocenters. The molecule has 0 aliphatic heterocycles. The number of aliphatic hydroxyl groups excluding tert-OH is 1. The minimum absolute atomic E-state index is 0.0230. The average molecular weight is 359 g/mol. The second-order valence-electron chi connectivity index (χ2n) is 5.83. The molecule has 2 nitrogen and oxygen atoms in total. The van der Waals surface area contributed by atoms with Gasteiger partial charge in [-0.2, -0.15) is 0 Å². The topological polar surface area (TPSA) is 37.3 Å². The molecule has 1 aliphatic carbocycles. The Morgan fingerprint density at radius 2 is 1.17 bits per heavy atom. The second kappa shape index (κ2) is 7.35. The molecule has 0 spiro atoms. The van der Waals surface area contributed by atoms with Gasteiger partial charge in [-0.3, -0.25) is 4.79 Å². The number of rotatable bonds is 2. The number of Topliss-reactive ketones (excluding diaryl/α,β-unsaturated/α-hetero) is 1. The molecule has 1 saturated carbocycles. The Hall–Kier alpha value is -1.87. The van der Waals surface area contributed by atoms with Gasteiger partial charge in [-0.1, -0.05) is 47.5 Å². The number of carbonyl (C=O) groups is 1. The molecule has 2 aromatic rings. The molecule has 0 saturated heterocycles. The summed E-state index contributed by atoms with van der Waals surface area (Å²) in [5.41, 5.74) is 3.00. The molecule has 0 bridgehead atoms. The van der Waals surface area contributed by atoms with Gasteiger partial charge >= 0.3 is 0 Å². The van der Waals surface area contributed by atoms with Crippen molar-refractivity contribution in [3.05, 3.63) is 80.8 Å². The lowest BCUT2D eigenvalue weighted by molar-refractivity contribution is -0.113. The van der Waals surface area contributed by atoms with E-state index >= 15 is 0 Å². The van der Waals surface area contributed by atoms with Crippen LogP contribution in [0.4, 0.5) is 0 Å². The molecule has 0 aromatic heterocycles. The maximum absolute atomic E-state index is 12.7. The Bertz CT molecular complexity index is 735. The Morgan fingerprint density at radius 1 is 0.792 bits per heavy atom. The molecule has 0 heterocycles. The second-order valence-corrected chi connectivity index (χ2v) is 6.71. The number of benzene rings is 2. The third kappa shape index (κ3) is 4.15. The highest BCUT2D eigenvalue weighted by molar-refractivity contribution is 6.30. The summed E-state index contributed by atoms with van der Waals surface area (Å²) < 4.78 is 0. The van der Waals surface area contributed by atoms with Crippen molar-refractivity contribution in [3.8, 4) is 0 Å². The Kier molecular flexibility index (Phi) is 5.20.